The Hall–Kier alpha value is -4.02. The third-order valence-corrected chi connectivity index (χ3v) is 7.54. The number of aromatic nitrogens is 3. The second kappa shape index (κ2) is 9.57. The van der Waals surface area contributed by atoms with Crippen LogP contribution >= 0.6 is 0 Å². The Balaban J connectivity index is 1.18. The molecule has 3 aromatic rings. The van der Waals surface area contributed by atoms with Gasteiger partial charge in [-0.25, -0.2) is 13.6 Å². The van der Waals surface area contributed by atoms with Gasteiger partial charge in [-0.05, 0) is 68.5 Å². The smallest absolute Gasteiger partial charge is 0.411 e. The van der Waals surface area contributed by atoms with Crippen molar-refractivity contribution in [2.75, 3.05) is 12.4 Å². The van der Waals surface area contributed by atoms with Gasteiger partial charge in [0.1, 0.15) is 24.1 Å². The molecule has 1 N–H and O–H groups in total. The summed E-state index contributed by atoms with van der Waals surface area (Å²) in [4.78, 5) is 18.6. The predicted molar refractivity (Wildman–Crippen MR) is 143 cm³/mol. The van der Waals surface area contributed by atoms with Gasteiger partial charge in [0.2, 0.25) is 11.8 Å². The highest BCUT2D eigenvalue weighted by Crippen LogP contribution is 2.47. The molecule has 0 aliphatic carbocycles. The number of amides is 1. The van der Waals surface area contributed by atoms with E-state index < -0.39 is 29.7 Å². The molecule has 3 atom stereocenters. The summed E-state index contributed by atoms with van der Waals surface area (Å²) in [7, 11) is 1.55. The summed E-state index contributed by atoms with van der Waals surface area (Å²) in [6, 6.07) is 9.58. The fourth-order valence-electron chi connectivity index (χ4n) is 5.84. The highest BCUT2D eigenvalue weighted by molar-refractivity contribution is 5.78. The molecule has 3 aliphatic rings. The molecule has 3 aliphatic heterocycles. The van der Waals surface area contributed by atoms with Crippen LogP contribution in [0.3, 0.4) is 0 Å². The van der Waals surface area contributed by atoms with Gasteiger partial charge in [-0.1, -0.05) is 12.1 Å². The Kier molecular flexibility index (Phi) is 6.27. The molecule has 210 valence electrons. The van der Waals surface area contributed by atoms with Gasteiger partial charge in [0.25, 0.3) is 5.92 Å². The van der Waals surface area contributed by atoms with E-state index in [0.717, 1.165) is 27.8 Å². The first kappa shape index (κ1) is 26.2. The highest BCUT2D eigenvalue weighted by atomic mass is 19.3. The number of hydrogen-bond acceptors (Lipinski definition) is 8. The number of fused-ring (bicyclic) bond motifs is 5. The fourth-order valence-corrected chi connectivity index (χ4v) is 5.84. The van der Waals surface area contributed by atoms with Crippen LogP contribution in [0, 0.1) is 0 Å². The van der Waals surface area contributed by atoms with E-state index in [2.05, 4.69) is 26.6 Å². The number of nitrogens with one attached hydrogen (secondary N) is 1. The molecule has 0 unspecified atom stereocenters. The van der Waals surface area contributed by atoms with Crippen molar-refractivity contribution < 1.29 is 27.8 Å². The number of hydrogen-bond donors (Lipinski definition) is 1. The first-order valence-electron chi connectivity index (χ1n) is 13.3. The van der Waals surface area contributed by atoms with Crippen LogP contribution in [0.25, 0.3) is 22.3 Å². The number of halogens is 2. The minimum absolute atomic E-state index is 0.0998. The largest absolute Gasteiger partial charge is 0.480 e. The zero-order valence-electron chi connectivity index (χ0n) is 22.8. The number of benzene rings is 1. The Morgan fingerprint density at radius 3 is 2.67 bits per heavy atom. The maximum absolute atomic E-state index is 14.9. The maximum atomic E-state index is 14.9. The van der Waals surface area contributed by atoms with Crippen LogP contribution in [0.1, 0.15) is 45.6 Å². The predicted octanol–water partition coefficient (Wildman–Crippen LogP) is 5.69. The van der Waals surface area contributed by atoms with Gasteiger partial charge < -0.3 is 19.5 Å². The minimum atomic E-state index is -2.97. The molecule has 40 heavy (non-hydrogen) atoms. The van der Waals surface area contributed by atoms with E-state index in [9.17, 15) is 13.6 Å². The Morgan fingerprint density at radius 2 is 1.93 bits per heavy atom. The molecule has 2 saturated heterocycles. The van der Waals surface area contributed by atoms with Crippen molar-refractivity contribution in [3.63, 3.8) is 0 Å². The number of methoxy groups -OCH3 is 1. The molecular weight excluding hydrogens is 520 g/mol. The van der Waals surface area contributed by atoms with Crippen LogP contribution in [0.15, 0.2) is 42.6 Å². The second-order valence-electron chi connectivity index (χ2n) is 11.5. The van der Waals surface area contributed by atoms with Gasteiger partial charge in [-0.2, -0.15) is 10.1 Å². The van der Waals surface area contributed by atoms with Crippen LogP contribution < -0.4 is 14.8 Å². The molecule has 11 heteroatoms. The monoisotopic (exact) mass is 551 g/mol. The summed E-state index contributed by atoms with van der Waals surface area (Å²) in [5, 5.41) is 11.2. The number of ether oxygens (including phenoxy) is 3. The van der Waals surface area contributed by atoms with Crippen molar-refractivity contribution in [2.45, 2.75) is 76.3 Å². The third-order valence-electron chi connectivity index (χ3n) is 7.54. The number of anilines is 1. The molecule has 0 saturated carbocycles. The molecule has 1 amide bonds. The van der Waals surface area contributed by atoms with E-state index in [1.165, 1.54) is 4.90 Å². The van der Waals surface area contributed by atoms with Crippen molar-refractivity contribution in [1.82, 2.24) is 20.1 Å². The third kappa shape index (κ3) is 4.89. The zero-order valence-corrected chi connectivity index (χ0v) is 22.8. The summed E-state index contributed by atoms with van der Waals surface area (Å²) < 4.78 is 46.4. The molecule has 2 fully saturated rings. The first-order valence-corrected chi connectivity index (χ1v) is 13.3. The van der Waals surface area contributed by atoms with Crippen molar-refractivity contribution >= 4 is 11.9 Å². The average molecular weight is 552 g/mol. The number of piperidine rings is 1. The van der Waals surface area contributed by atoms with E-state index in [4.69, 9.17) is 14.2 Å². The van der Waals surface area contributed by atoms with Crippen molar-refractivity contribution in [2.24, 2.45) is 0 Å². The molecule has 5 heterocycles. The summed E-state index contributed by atoms with van der Waals surface area (Å²) in [5.41, 5.74) is 3.98. The Labute approximate surface area is 230 Å². The first-order chi connectivity index (χ1) is 19.0. The summed E-state index contributed by atoms with van der Waals surface area (Å²) in [6.45, 7) is 5.54. The highest BCUT2D eigenvalue weighted by Gasteiger charge is 2.60. The van der Waals surface area contributed by atoms with Gasteiger partial charge in [0.15, 0.2) is 0 Å². The second-order valence-corrected chi connectivity index (χ2v) is 11.5. The number of carbonyl (C=O) groups excluding carboxylic acids is 1. The van der Waals surface area contributed by atoms with E-state index >= 15 is 0 Å². The molecule has 0 spiro atoms. The van der Waals surface area contributed by atoms with Gasteiger partial charge in [-0.15, -0.1) is 5.10 Å². The van der Waals surface area contributed by atoms with Crippen LogP contribution in [0.5, 0.6) is 11.8 Å². The van der Waals surface area contributed by atoms with E-state index in [0.29, 0.717) is 30.6 Å². The zero-order chi connectivity index (χ0) is 28.2. The topological polar surface area (TPSA) is 98.7 Å². The van der Waals surface area contributed by atoms with E-state index in [-0.39, 0.29) is 18.9 Å². The molecule has 0 radical (unpaired) electrons. The Bertz CT molecular complexity index is 1460. The SMILES string of the molecule is COc1cc(-c2ccc3c(c2)COc2nc(N[C@H]4C[C@@H]5CC(F)(F)[C@H](C4)N5C(=O)OC(C)(C)C)ccc2-3)cnn1. The number of carbonyl (C=O) groups is 1. The minimum Gasteiger partial charge on any atom is -0.480 e. The van der Waals surface area contributed by atoms with Gasteiger partial charge in [0.05, 0.1) is 13.3 Å². The molecule has 1 aromatic carbocycles. The molecule has 2 aromatic heterocycles. The standard InChI is InChI=1S/C29H31F2N5O4/c1-28(2,3)40-27(37)36-20-11-19(12-23(36)29(30,31)13-20)33-24-8-7-22-21-6-5-16(9-18(21)15-39-26(22)34-24)17-10-25(38-4)35-32-14-17/h5-10,14,19-20,23H,11-13,15H2,1-4H3,(H,33,34)/t19-,20+,23-/m0/s1. The van der Waals surface area contributed by atoms with Crippen LogP contribution in [-0.2, 0) is 11.3 Å². The van der Waals surface area contributed by atoms with Crippen molar-refractivity contribution in [3.8, 4) is 34.0 Å². The summed E-state index contributed by atoms with van der Waals surface area (Å²) in [6.07, 6.45) is 1.12. The van der Waals surface area contributed by atoms with Gasteiger partial charge >= 0.3 is 6.09 Å². The normalized spacial score (nSPS) is 22.6. The lowest BCUT2D eigenvalue weighted by molar-refractivity contribution is -0.0483. The van der Waals surface area contributed by atoms with Crippen molar-refractivity contribution in [1.29, 1.82) is 0 Å². The Morgan fingerprint density at radius 1 is 1.12 bits per heavy atom. The van der Waals surface area contributed by atoms with E-state index in [1.54, 1.807) is 34.1 Å². The van der Waals surface area contributed by atoms with Crippen LogP contribution in [-0.4, -0.2) is 62.9 Å². The number of rotatable bonds is 4. The van der Waals surface area contributed by atoms with E-state index in [1.807, 2.05) is 30.3 Å². The average Bonchev–Trinajstić information content (AvgIpc) is 3.08. The quantitative estimate of drug-likeness (QED) is 0.441. The maximum Gasteiger partial charge on any atom is 0.411 e. The molecule has 2 bridgehead atoms. The van der Waals surface area contributed by atoms with Crippen molar-refractivity contribution in [3.05, 3.63) is 48.2 Å². The van der Waals surface area contributed by atoms with Crippen LogP contribution in [0.2, 0.25) is 0 Å². The summed E-state index contributed by atoms with van der Waals surface area (Å²) in [5.74, 6) is -1.50. The summed E-state index contributed by atoms with van der Waals surface area (Å²) >= 11 is 0. The fraction of sp³-hybridized carbons (Fsp3) is 0.448. The molecule has 6 rings (SSSR count). The van der Waals surface area contributed by atoms with Crippen LogP contribution in [0.4, 0.5) is 19.4 Å². The number of pyridine rings is 1. The molecular formula is C29H31F2N5O4. The van der Waals surface area contributed by atoms with Gasteiger partial charge in [0, 0.05) is 35.7 Å². The lowest BCUT2D eigenvalue weighted by atomic mass is 9.95. The molecule has 9 nitrogen and oxygen atoms in total. The lowest BCUT2D eigenvalue weighted by Crippen LogP contribution is -2.53. The number of nitrogens with zero attached hydrogens (tertiary/aromatic N) is 4. The number of alkyl halides is 2. The van der Waals surface area contributed by atoms with Gasteiger partial charge in [-0.3, -0.25) is 4.90 Å². The lowest BCUT2D eigenvalue weighted by Gasteiger charge is -2.39.